The zero-order valence-electron chi connectivity index (χ0n) is 20.1. The number of amides is 1. The van der Waals surface area contributed by atoms with Crippen molar-refractivity contribution < 1.29 is 19.0 Å². The Balaban J connectivity index is 1.56. The third-order valence-corrected chi connectivity index (χ3v) is 7.13. The first-order valence-corrected chi connectivity index (χ1v) is 12.7. The van der Waals surface area contributed by atoms with Gasteiger partial charge in [0.15, 0.2) is 0 Å². The fourth-order valence-electron chi connectivity index (χ4n) is 4.53. The average Bonchev–Trinajstić information content (AvgIpc) is 3.48. The number of carbonyl (C=O) groups excluding carboxylic acids is 1. The van der Waals surface area contributed by atoms with Crippen LogP contribution < -0.4 is 14.8 Å². The summed E-state index contributed by atoms with van der Waals surface area (Å²) in [6.45, 7) is 3.42. The normalized spacial score (nSPS) is 14.2. The number of nitrogens with one attached hydrogen (secondary N) is 1. The molecule has 2 heterocycles. The van der Waals surface area contributed by atoms with E-state index in [4.69, 9.17) is 19.2 Å². The number of rotatable bonds is 10. The third kappa shape index (κ3) is 5.62. The minimum absolute atomic E-state index is 0.0661. The van der Waals surface area contributed by atoms with Crippen LogP contribution in [0.5, 0.6) is 11.5 Å². The van der Waals surface area contributed by atoms with Crippen molar-refractivity contribution in [3.8, 4) is 22.9 Å². The van der Waals surface area contributed by atoms with Crippen molar-refractivity contribution in [1.82, 2.24) is 14.9 Å². The van der Waals surface area contributed by atoms with Crippen molar-refractivity contribution in [2.24, 2.45) is 0 Å². The SMILES string of the molecule is COCCNC(=O)c1cc(-c2csc(COc3ccc(OC)cc3)n2)n(C2CCCCC2)c1C. The number of benzene rings is 1. The van der Waals surface area contributed by atoms with Crippen molar-refractivity contribution in [3.63, 3.8) is 0 Å². The molecule has 8 heteroatoms. The topological polar surface area (TPSA) is 74.6 Å². The van der Waals surface area contributed by atoms with Crippen LogP contribution in [0, 0.1) is 6.92 Å². The Kier molecular flexibility index (Phi) is 8.24. The van der Waals surface area contributed by atoms with Crippen molar-refractivity contribution in [2.45, 2.75) is 51.7 Å². The van der Waals surface area contributed by atoms with Crippen LogP contribution in [-0.2, 0) is 11.3 Å². The lowest BCUT2D eigenvalue weighted by molar-refractivity contribution is 0.0936. The van der Waals surface area contributed by atoms with Crippen LogP contribution in [0.2, 0.25) is 0 Å². The molecule has 0 bridgehead atoms. The summed E-state index contributed by atoms with van der Waals surface area (Å²) < 4.78 is 18.5. The van der Waals surface area contributed by atoms with E-state index in [1.807, 2.05) is 37.3 Å². The van der Waals surface area contributed by atoms with Crippen LogP contribution in [0.15, 0.2) is 35.7 Å². The molecule has 182 valence electrons. The maximum absolute atomic E-state index is 12.9. The van der Waals surface area contributed by atoms with Gasteiger partial charge in [-0.15, -0.1) is 11.3 Å². The van der Waals surface area contributed by atoms with E-state index < -0.39 is 0 Å². The largest absolute Gasteiger partial charge is 0.497 e. The zero-order valence-corrected chi connectivity index (χ0v) is 21.0. The van der Waals surface area contributed by atoms with E-state index in [1.165, 1.54) is 19.3 Å². The number of hydrogen-bond acceptors (Lipinski definition) is 6. The lowest BCUT2D eigenvalue weighted by Crippen LogP contribution is -2.27. The molecule has 34 heavy (non-hydrogen) atoms. The minimum Gasteiger partial charge on any atom is -0.497 e. The van der Waals surface area contributed by atoms with Gasteiger partial charge in [-0.1, -0.05) is 19.3 Å². The van der Waals surface area contributed by atoms with Gasteiger partial charge in [-0.2, -0.15) is 0 Å². The molecular weight excluding hydrogens is 450 g/mol. The first-order valence-electron chi connectivity index (χ1n) is 11.8. The highest BCUT2D eigenvalue weighted by Gasteiger charge is 2.25. The molecule has 0 saturated heterocycles. The predicted molar refractivity (Wildman–Crippen MR) is 134 cm³/mol. The zero-order chi connectivity index (χ0) is 23.9. The Morgan fingerprint density at radius 2 is 1.88 bits per heavy atom. The van der Waals surface area contributed by atoms with Gasteiger partial charge in [-0.05, 0) is 50.1 Å². The fraction of sp³-hybridized carbons (Fsp3) is 0.462. The van der Waals surface area contributed by atoms with Gasteiger partial charge in [0.05, 0.1) is 30.7 Å². The van der Waals surface area contributed by atoms with Crippen LogP contribution in [-0.4, -0.2) is 42.8 Å². The molecule has 1 saturated carbocycles. The molecule has 3 aromatic rings. The van der Waals surface area contributed by atoms with E-state index in [1.54, 1.807) is 25.6 Å². The number of methoxy groups -OCH3 is 2. The molecule has 2 aromatic heterocycles. The Bertz CT molecular complexity index is 1080. The first-order chi connectivity index (χ1) is 16.6. The molecule has 7 nitrogen and oxygen atoms in total. The monoisotopic (exact) mass is 483 g/mol. The molecule has 1 N–H and O–H groups in total. The van der Waals surface area contributed by atoms with Crippen molar-refractivity contribution in [2.75, 3.05) is 27.4 Å². The summed E-state index contributed by atoms with van der Waals surface area (Å²) in [7, 11) is 3.28. The Morgan fingerprint density at radius 3 is 2.59 bits per heavy atom. The molecule has 4 rings (SSSR count). The highest BCUT2D eigenvalue weighted by molar-refractivity contribution is 7.09. The van der Waals surface area contributed by atoms with E-state index in [-0.39, 0.29) is 5.91 Å². The van der Waals surface area contributed by atoms with E-state index in [0.717, 1.165) is 46.4 Å². The molecule has 0 unspecified atom stereocenters. The maximum atomic E-state index is 12.9. The Hall–Kier alpha value is -2.84. The molecule has 0 spiro atoms. The maximum Gasteiger partial charge on any atom is 0.253 e. The molecule has 0 aliphatic heterocycles. The van der Waals surface area contributed by atoms with E-state index in [0.29, 0.717) is 31.4 Å². The summed E-state index contributed by atoms with van der Waals surface area (Å²) in [5.74, 6) is 1.50. The van der Waals surface area contributed by atoms with Gasteiger partial charge in [0, 0.05) is 30.8 Å². The van der Waals surface area contributed by atoms with Crippen LogP contribution >= 0.6 is 11.3 Å². The second-order valence-electron chi connectivity index (χ2n) is 8.53. The van der Waals surface area contributed by atoms with Crippen LogP contribution in [0.4, 0.5) is 0 Å². The summed E-state index contributed by atoms with van der Waals surface area (Å²) in [6.07, 6.45) is 5.97. The van der Waals surface area contributed by atoms with Crippen molar-refractivity contribution in [1.29, 1.82) is 0 Å². The van der Waals surface area contributed by atoms with Gasteiger partial charge in [0.1, 0.15) is 23.1 Å². The predicted octanol–water partition coefficient (Wildman–Crippen LogP) is 5.39. The second-order valence-corrected chi connectivity index (χ2v) is 9.47. The van der Waals surface area contributed by atoms with Gasteiger partial charge in [-0.25, -0.2) is 4.98 Å². The van der Waals surface area contributed by atoms with Crippen LogP contribution in [0.25, 0.3) is 11.4 Å². The lowest BCUT2D eigenvalue weighted by Gasteiger charge is -2.26. The Labute approximate surface area is 205 Å². The second kappa shape index (κ2) is 11.5. The third-order valence-electron chi connectivity index (χ3n) is 6.30. The minimum atomic E-state index is -0.0661. The summed E-state index contributed by atoms with van der Waals surface area (Å²) >= 11 is 1.58. The summed E-state index contributed by atoms with van der Waals surface area (Å²) in [5, 5.41) is 5.92. The number of ether oxygens (including phenoxy) is 3. The van der Waals surface area contributed by atoms with Gasteiger partial charge >= 0.3 is 0 Å². The molecular formula is C26H33N3O4S. The smallest absolute Gasteiger partial charge is 0.253 e. The summed E-state index contributed by atoms with van der Waals surface area (Å²) in [6, 6.07) is 9.92. The van der Waals surface area contributed by atoms with Gasteiger partial charge in [0.2, 0.25) is 0 Å². The van der Waals surface area contributed by atoms with Gasteiger partial charge in [0.25, 0.3) is 5.91 Å². The molecule has 0 radical (unpaired) electrons. The Morgan fingerprint density at radius 1 is 1.15 bits per heavy atom. The average molecular weight is 484 g/mol. The molecule has 1 aliphatic rings. The van der Waals surface area contributed by atoms with E-state index >= 15 is 0 Å². The highest BCUT2D eigenvalue weighted by Crippen LogP contribution is 2.36. The summed E-state index contributed by atoms with van der Waals surface area (Å²) in [5.41, 5.74) is 3.61. The van der Waals surface area contributed by atoms with Gasteiger partial charge < -0.3 is 24.1 Å². The number of nitrogens with zero attached hydrogens (tertiary/aromatic N) is 2. The van der Waals surface area contributed by atoms with Crippen LogP contribution in [0.1, 0.15) is 59.2 Å². The molecule has 0 atom stereocenters. The standard InChI is InChI=1S/C26H33N3O4S/c1-18-22(26(30)27-13-14-31-2)15-24(29(18)19-7-5-4-6-8-19)23-17-34-25(28-23)16-33-21-11-9-20(32-3)10-12-21/h9-12,15,17,19H,4-8,13-14,16H2,1-3H3,(H,27,30). The van der Waals surface area contributed by atoms with E-state index in [9.17, 15) is 4.79 Å². The molecule has 1 aliphatic carbocycles. The first kappa shape index (κ1) is 24.3. The van der Waals surface area contributed by atoms with Crippen molar-refractivity contribution in [3.05, 3.63) is 52.0 Å². The fourth-order valence-corrected chi connectivity index (χ4v) is 5.23. The number of thiazole rings is 1. The molecule has 1 fully saturated rings. The number of aromatic nitrogens is 2. The quantitative estimate of drug-likeness (QED) is 0.392. The van der Waals surface area contributed by atoms with Crippen molar-refractivity contribution >= 4 is 17.2 Å². The molecule has 1 amide bonds. The summed E-state index contributed by atoms with van der Waals surface area (Å²) in [4.78, 5) is 17.8. The number of carbonyl (C=O) groups is 1. The highest BCUT2D eigenvalue weighted by atomic mass is 32.1. The lowest BCUT2D eigenvalue weighted by atomic mass is 9.95. The number of hydrogen-bond donors (Lipinski definition) is 1. The molecule has 1 aromatic carbocycles. The van der Waals surface area contributed by atoms with Gasteiger partial charge in [-0.3, -0.25) is 4.79 Å². The van der Waals surface area contributed by atoms with Crippen LogP contribution in [0.3, 0.4) is 0 Å². The van der Waals surface area contributed by atoms with E-state index in [2.05, 4.69) is 15.3 Å².